The summed E-state index contributed by atoms with van der Waals surface area (Å²) in [6.45, 7) is 0.721. The van der Waals surface area contributed by atoms with Gasteiger partial charge in [-0.2, -0.15) is 13.2 Å². The summed E-state index contributed by atoms with van der Waals surface area (Å²) in [4.78, 5) is 14.4. The van der Waals surface area contributed by atoms with Gasteiger partial charge in [-0.05, 0) is 65.6 Å². The fraction of sp³-hybridized carbons (Fsp3) is 0.250. The number of nitrogens with zero attached hydrogens (tertiary/aromatic N) is 1. The molecule has 3 aromatic rings. The Bertz CT molecular complexity index is 1280. The highest BCUT2D eigenvalue weighted by Crippen LogP contribution is 2.31. The molecular formula is C28H24F5NO3S. The van der Waals surface area contributed by atoms with Gasteiger partial charge in [-0.1, -0.05) is 36.4 Å². The molecule has 0 N–H and O–H groups in total. The van der Waals surface area contributed by atoms with Gasteiger partial charge in [0.1, 0.15) is 22.6 Å². The van der Waals surface area contributed by atoms with Crippen LogP contribution in [0.5, 0.6) is 0 Å². The number of hydrogen-bond donors (Lipinski definition) is 0. The van der Waals surface area contributed by atoms with E-state index in [1.54, 1.807) is 24.3 Å². The molecule has 1 amide bonds. The Kier molecular flexibility index (Phi) is 8.73. The van der Waals surface area contributed by atoms with Gasteiger partial charge >= 0.3 is 6.18 Å². The second-order valence-corrected chi connectivity index (χ2v) is 10.2. The van der Waals surface area contributed by atoms with E-state index in [0.29, 0.717) is 17.5 Å². The molecule has 1 atom stereocenters. The first-order chi connectivity index (χ1) is 18.1. The summed E-state index contributed by atoms with van der Waals surface area (Å²) >= 11 is 0. The van der Waals surface area contributed by atoms with Crippen molar-refractivity contribution in [2.45, 2.75) is 18.7 Å². The van der Waals surface area contributed by atoms with E-state index in [9.17, 15) is 31.0 Å². The average Bonchev–Trinajstić information content (AvgIpc) is 2.89. The van der Waals surface area contributed by atoms with Crippen LogP contribution in [-0.2, 0) is 26.5 Å². The molecule has 200 valence electrons. The second kappa shape index (κ2) is 12.0. The zero-order valence-electron chi connectivity index (χ0n) is 20.1. The van der Waals surface area contributed by atoms with Gasteiger partial charge in [0.05, 0.1) is 16.4 Å². The highest BCUT2D eigenvalue weighted by atomic mass is 32.2. The lowest BCUT2D eigenvalue weighted by Gasteiger charge is -2.28. The zero-order valence-corrected chi connectivity index (χ0v) is 20.9. The molecule has 4 rings (SSSR count). The van der Waals surface area contributed by atoms with Crippen molar-refractivity contribution < 1.29 is 35.7 Å². The van der Waals surface area contributed by atoms with E-state index in [1.807, 2.05) is 0 Å². The van der Waals surface area contributed by atoms with Crippen LogP contribution in [0.1, 0.15) is 34.8 Å². The molecule has 1 aliphatic heterocycles. The lowest BCUT2D eigenvalue weighted by Crippen LogP contribution is -2.42. The third-order valence-electron chi connectivity index (χ3n) is 6.00. The van der Waals surface area contributed by atoms with Crippen molar-refractivity contribution >= 4 is 22.8 Å². The summed E-state index contributed by atoms with van der Waals surface area (Å²) < 4.78 is 84.5. The zero-order chi connectivity index (χ0) is 27.3. The highest BCUT2D eigenvalue weighted by molar-refractivity contribution is 7.90. The standard InChI is InChI=1S/C28H24F5NO3S/c29-23-9-5-20(6-10-23)26(21-7-11-24(30)12-8-21)37-15-2-13-34-14-16-38(36)25(27(34)35)18-19-3-1-4-22(17-19)28(31,32)33/h1,3-12,17-18,26H,2,13-16H2. The van der Waals surface area contributed by atoms with Gasteiger partial charge in [0.2, 0.25) is 0 Å². The van der Waals surface area contributed by atoms with Crippen LogP contribution in [0.3, 0.4) is 0 Å². The van der Waals surface area contributed by atoms with Crippen LogP contribution in [0.15, 0.2) is 77.7 Å². The van der Waals surface area contributed by atoms with Crippen LogP contribution < -0.4 is 0 Å². The summed E-state index contributed by atoms with van der Waals surface area (Å²) in [6.07, 6.45) is -3.46. The van der Waals surface area contributed by atoms with Crippen LogP contribution in [0, 0.1) is 11.6 Å². The third-order valence-corrected chi connectivity index (χ3v) is 7.34. The maximum absolute atomic E-state index is 13.4. The van der Waals surface area contributed by atoms with E-state index in [4.69, 9.17) is 4.74 Å². The fourth-order valence-electron chi connectivity index (χ4n) is 4.07. The topological polar surface area (TPSA) is 46.6 Å². The Balaban J connectivity index is 1.41. The first-order valence-corrected chi connectivity index (χ1v) is 13.1. The SMILES string of the molecule is O=C1C(=Cc2cccc(C(F)(F)F)c2)S(=O)CCN1CCCOC(c1ccc(F)cc1)c1ccc(F)cc1. The van der Waals surface area contributed by atoms with E-state index in [2.05, 4.69) is 0 Å². The largest absolute Gasteiger partial charge is 0.416 e. The van der Waals surface area contributed by atoms with E-state index in [1.165, 1.54) is 47.4 Å². The maximum atomic E-state index is 13.4. The summed E-state index contributed by atoms with van der Waals surface area (Å²) in [5, 5.41) is 0. The van der Waals surface area contributed by atoms with Crippen molar-refractivity contribution in [3.05, 3.63) is 112 Å². The molecule has 1 fully saturated rings. The average molecular weight is 550 g/mol. The molecule has 10 heteroatoms. The minimum Gasteiger partial charge on any atom is -0.369 e. The van der Waals surface area contributed by atoms with Crippen molar-refractivity contribution in [3.63, 3.8) is 0 Å². The lowest BCUT2D eigenvalue weighted by molar-refractivity contribution is -0.137. The molecule has 1 heterocycles. The molecule has 0 aliphatic carbocycles. The summed E-state index contributed by atoms with van der Waals surface area (Å²) in [5.74, 6) is -1.13. The first-order valence-electron chi connectivity index (χ1n) is 11.8. The number of rotatable bonds is 8. The van der Waals surface area contributed by atoms with Gasteiger partial charge in [0.15, 0.2) is 0 Å². The van der Waals surface area contributed by atoms with Gasteiger partial charge in [0.25, 0.3) is 5.91 Å². The Hall–Kier alpha value is -3.37. The predicted molar refractivity (Wildman–Crippen MR) is 134 cm³/mol. The molecule has 1 aliphatic rings. The Morgan fingerprint density at radius 2 is 1.55 bits per heavy atom. The first kappa shape index (κ1) is 27.7. The minimum absolute atomic E-state index is 0.0491. The van der Waals surface area contributed by atoms with Crippen LogP contribution in [0.4, 0.5) is 22.0 Å². The molecule has 1 unspecified atom stereocenters. The molecule has 0 bridgehead atoms. The quantitative estimate of drug-likeness (QED) is 0.194. The minimum atomic E-state index is -4.53. The van der Waals surface area contributed by atoms with Crippen LogP contribution in [-0.4, -0.2) is 40.5 Å². The van der Waals surface area contributed by atoms with E-state index in [-0.39, 0.29) is 35.9 Å². The van der Waals surface area contributed by atoms with Crippen molar-refractivity contribution in [1.82, 2.24) is 4.90 Å². The number of alkyl halides is 3. The molecule has 38 heavy (non-hydrogen) atoms. The van der Waals surface area contributed by atoms with E-state index < -0.39 is 46.2 Å². The molecule has 3 aromatic carbocycles. The molecule has 0 radical (unpaired) electrons. The van der Waals surface area contributed by atoms with Gasteiger partial charge < -0.3 is 9.64 Å². The summed E-state index contributed by atoms with van der Waals surface area (Å²) in [5.41, 5.74) is 0.637. The third kappa shape index (κ3) is 6.93. The molecule has 0 aromatic heterocycles. The van der Waals surface area contributed by atoms with Gasteiger partial charge in [0, 0.05) is 25.4 Å². The normalized spacial score (nSPS) is 17.4. The molecule has 4 nitrogen and oxygen atoms in total. The van der Waals surface area contributed by atoms with Crippen LogP contribution in [0.2, 0.25) is 0 Å². The molecule has 0 saturated carbocycles. The smallest absolute Gasteiger partial charge is 0.369 e. The number of hydrogen-bond acceptors (Lipinski definition) is 3. The number of carbonyl (C=O) groups is 1. The molecule has 0 spiro atoms. The van der Waals surface area contributed by atoms with Gasteiger partial charge in [-0.25, -0.2) is 8.78 Å². The van der Waals surface area contributed by atoms with Crippen molar-refractivity contribution in [3.8, 4) is 0 Å². The number of amides is 1. The Labute approximate surface area is 219 Å². The van der Waals surface area contributed by atoms with Crippen molar-refractivity contribution in [2.75, 3.05) is 25.4 Å². The van der Waals surface area contributed by atoms with Gasteiger partial charge in [-0.3, -0.25) is 9.00 Å². The van der Waals surface area contributed by atoms with E-state index in [0.717, 1.165) is 12.1 Å². The van der Waals surface area contributed by atoms with Crippen LogP contribution in [0.25, 0.3) is 6.08 Å². The lowest BCUT2D eigenvalue weighted by atomic mass is 10.0. The second-order valence-electron chi connectivity index (χ2n) is 8.68. The predicted octanol–water partition coefficient (Wildman–Crippen LogP) is 6.11. The summed E-state index contributed by atoms with van der Waals surface area (Å²) in [7, 11) is -1.63. The molecular weight excluding hydrogens is 525 g/mol. The Morgan fingerprint density at radius 3 is 2.13 bits per heavy atom. The van der Waals surface area contributed by atoms with Crippen molar-refractivity contribution in [1.29, 1.82) is 0 Å². The number of carbonyl (C=O) groups excluding carboxylic acids is 1. The fourth-order valence-corrected chi connectivity index (χ4v) is 5.27. The van der Waals surface area contributed by atoms with Gasteiger partial charge in [-0.15, -0.1) is 0 Å². The number of halogens is 5. The highest BCUT2D eigenvalue weighted by Gasteiger charge is 2.31. The van der Waals surface area contributed by atoms with Crippen LogP contribution >= 0.6 is 0 Å². The maximum Gasteiger partial charge on any atom is 0.416 e. The number of benzene rings is 3. The van der Waals surface area contributed by atoms with E-state index >= 15 is 0 Å². The van der Waals surface area contributed by atoms with Crippen molar-refractivity contribution in [2.24, 2.45) is 0 Å². The summed E-state index contributed by atoms with van der Waals surface area (Å²) in [6, 6.07) is 16.0. The number of ether oxygens (including phenoxy) is 1. The molecule has 1 saturated heterocycles. The monoisotopic (exact) mass is 549 g/mol. The Morgan fingerprint density at radius 1 is 0.947 bits per heavy atom.